The lowest BCUT2D eigenvalue weighted by Gasteiger charge is -2.22. The zero-order valence-corrected chi connectivity index (χ0v) is 21.2. The first kappa shape index (κ1) is 25.0. The zero-order valence-electron chi connectivity index (χ0n) is 20.5. The van der Waals surface area contributed by atoms with E-state index in [4.69, 9.17) is 26.1 Å². The molecule has 1 aliphatic carbocycles. The lowest BCUT2D eigenvalue weighted by Crippen LogP contribution is -2.25. The van der Waals surface area contributed by atoms with E-state index in [2.05, 4.69) is 5.10 Å². The zero-order chi connectivity index (χ0) is 25.8. The number of hydrogen-bond acceptors (Lipinski definition) is 5. The third kappa shape index (κ3) is 5.52. The average Bonchev–Trinajstić information content (AvgIpc) is 2.92. The van der Waals surface area contributed by atoms with Crippen molar-refractivity contribution in [2.45, 2.75) is 44.6 Å². The maximum atomic E-state index is 13.7. The van der Waals surface area contributed by atoms with Crippen molar-refractivity contribution in [3.8, 4) is 11.5 Å². The average molecular weight is 520 g/mol. The number of rotatable bonds is 7. The SMILES string of the molecule is COc1cc(Cl)cc(C=Nn2c(C3CCCCC3)nc3ccccc3c2=O)c1OCc1cccc(F)c1. The third-order valence-electron chi connectivity index (χ3n) is 6.60. The molecule has 0 radical (unpaired) electrons. The van der Waals surface area contributed by atoms with E-state index in [1.807, 2.05) is 18.2 Å². The second kappa shape index (κ2) is 11.1. The molecule has 5 rings (SSSR count). The molecule has 8 heteroatoms. The minimum absolute atomic E-state index is 0.112. The van der Waals surface area contributed by atoms with Crippen LogP contribution in [-0.4, -0.2) is 23.0 Å². The predicted molar refractivity (Wildman–Crippen MR) is 144 cm³/mol. The molecule has 0 saturated heterocycles. The van der Waals surface area contributed by atoms with Crippen molar-refractivity contribution in [2.75, 3.05) is 7.11 Å². The number of methoxy groups -OCH3 is 1. The van der Waals surface area contributed by atoms with E-state index in [9.17, 15) is 9.18 Å². The van der Waals surface area contributed by atoms with E-state index in [1.165, 1.54) is 30.3 Å². The van der Waals surface area contributed by atoms with Gasteiger partial charge in [0.05, 0.1) is 24.2 Å². The summed E-state index contributed by atoms with van der Waals surface area (Å²) in [6.45, 7) is 0.112. The van der Waals surface area contributed by atoms with Gasteiger partial charge in [0, 0.05) is 22.6 Å². The standard InChI is InChI=1S/C29H27ClFN3O3/c1-36-26-16-22(30)15-21(27(26)37-18-19-8-7-11-23(31)14-19)17-32-34-28(20-9-3-2-4-10-20)33-25-13-6-5-12-24(25)29(34)35/h5-8,11-17,20H,2-4,9-10,18H2,1H3. The Morgan fingerprint density at radius 3 is 2.70 bits per heavy atom. The molecule has 0 spiro atoms. The molecule has 1 heterocycles. The van der Waals surface area contributed by atoms with Crippen LogP contribution in [0.3, 0.4) is 0 Å². The summed E-state index contributed by atoms with van der Waals surface area (Å²) in [5.74, 6) is 1.27. The fourth-order valence-corrected chi connectivity index (χ4v) is 4.99. The number of fused-ring (bicyclic) bond motifs is 1. The van der Waals surface area contributed by atoms with E-state index in [0.29, 0.717) is 44.4 Å². The van der Waals surface area contributed by atoms with Crippen LogP contribution >= 0.6 is 11.6 Å². The Morgan fingerprint density at radius 1 is 1.11 bits per heavy atom. The van der Waals surface area contributed by atoms with Gasteiger partial charge in [0.1, 0.15) is 18.2 Å². The van der Waals surface area contributed by atoms with Gasteiger partial charge < -0.3 is 9.47 Å². The van der Waals surface area contributed by atoms with Gasteiger partial charge in [0.15, 0.2) is 11.5 Å². The van der Waals surface area contributed by atoms with Crippen LogP contribution in [0.5, 0.6) is 11.5 Å². The monoisotopic (exact) mass is 519 g/mol. The Morgan fingerprint density at radius 2 is 1.92 bits per heavy atom. The van der Waals surface area contributed by atoms with Gasteiger partial charge in [-0.25, -0.2) is 9.37 Å². The van der Waals surface area contributed by atoms with E-state index < -0.39 is 0 Å². The molecule has 3 aromatic carbocycles. The summed E-state index contributed by atoms with van der Waals surface area (Å²) in [6.07, 6.45) is 6.85. The van der Waals surface area contributed by atoms with Crippen LogP contribution in [0.15, 0.2) is 70.6 Å². The highest BCUT2D eigenvalue weighted by atomic mass is 35.5. The minimum atomic E-state index is -0.343. The normalized spacial score (nSPS) is 14.4. The lowest BCUT2D eigenvalue weighted by atomic mass is 9.88. The van der Waals surface area contributed by atoms with Gasteiger partial charge in [0.2, 0.25) is 0 Å². The summed E-state index contributed by atoms with van der Waals surface area (Å²) in [4.78, 5) is 18.4. The van der Waals surface area contributed by atoms with Crippen LogP contribution in [0.25, 0.3) is 10.9 Å². The molecule has 1 aromatic heterocycles. The fraction of sp³-hybridized carbons (Fsp3) is 0.276. The Balaban J connectivity index is 1.57. The van der Waals surface area contributed by atoms with E-state index in [0.717, 1.165) is 25.7 Å². The molecule has 1 fully saturated rings. The molecule has 0 amide bonds. The molecule has 0 N–H and O–H groups in total. The molecule has 0 bridgehead atoms. The highest BCUT2D eigenvalue weighted by Gasteiger charge is 2.22. The van der Waals surface area contributed by atoms with Gasteiger partial charge >= 0.3 is 0 Å². The first-order valence-electron chi connectivity index (χ1n) is 12.3. The van der Waals surface area contributed by atoms with Gasteiger partial charge in [-0.3, -0.25) is 4.79 Å². The number of para-hydroxylation sites is 1. The largest absolute Gasteiger partial charge is 0.493 e. The van der Waals surface area contributed by atoms with Gasteiger partial charge in [-0.1, -0.05) is 55.1 Å². The van der Waals surface area contributed by atoms with E-state index in [1.54, 1.807) is 36.5 Å². The Kier molecular flexibility index (Phi) is 7.51. The number of hydrogen-bond donors (Lipinski definition) is 0. The van der Waals surface area contributed by atoms with Crippen molar-refractivity contribution < 1.29 is 13.9 Å². The molecule has 1 saturated carbocycles. The van der Waals surface area contributed by atoms with Crippen LogP contribution in [0.4, 0.5) is 4.39 Å². The van der Waals surface area contributed by atoms with E-state index >= 15 is 0 Å². The van der Waals surface area contributed by atoms with Crippen LogP contribution in [0.1, 0.15) is 55.0 Å². The molecule has 0 atom stereocenters. The van der Waals surface area contributed by atoms with Gasteiger partial charge in [-0.15, -0.1) is 0 Å². The van der Waals surface area contributed by atoms with Crippen LogP contribution in [-0.2, 0) is 6.61 Å². The highest BCUT2D eigenvalue weighted by molar-refractivity contribution is 6.31. The molecule has 1 aliphatic rings. The Labute approximate surface area is 219 Å². The number of aromatic nitrogens is 2. The molecule has 6 nitrogen and oxygen atoms in total. The van der Waals surface area contributed by atoms with Gasteiger partial charge in [-0.05, 0) is 48.7 Å². The summed E-state index contributed by atoms with van der Waals surface area (Å²) in [5, 5.41) is 5.54. The van der Waals surface area contributed by atoms with Crippen LogP contribution in [0, 0.1) is 5.82 Å². The summed E-state index contributed by atoms with van der Waals surface area (Å²) in [7, 11) is 1.51. The molecule has 0 unspecified atom stereocenters. The fourth-order valence-electron chi connectivity index (χ4n) is 4.77. The Hall–Kier alpha value is -3.71. The molecular weight excluding hydrogens is 493 g/mol. The molecule has 0 aliphatic heterocycles. The topological polar surface area (TPSA) is 65.7 Å². The number of nitrogens with zero attached hydrogens (tertiary/aromatic N) is 3. The van der Waals surface area contributed by atoms with Gasteiger partial charge in [0.25, 0.3) is 5.56 Å². The second-order valence-corrected chi connectivity index (χ2v) is 9.57. The third-order valence-corrected chi connectivity index (χ3v) is 6.82. The van der Waals surface area contributed by atoms with Crippen molar-refractivity contribution in [1.29, 1.82) is 0 Å². The van der Waals surface area contributed by atoms with Crippen molar-refractivity contribution in [2.24, 2.45) is 5.10 Å². The summed E-state index contributed by atoms with van der Waals surface area (Å²) >= 11 is 6.36. The smallest absolute Gasteiger partial charge is 0.282 e. The maximum absolute atomic E-state index is 13.7. The van der Waals surface area contributed by atoms with Gasteiger partial charge in [-0.2, -0.15) is 9.78 Å². The minimum Gasteiger partial charge on any atom is -0.493 e. The predicted octanol–water partition coefficient (Wildman–Crippen LogP) is 6.71. The molecular formula is C29H27ClFN3O3. The van der Waals surface area contributed by atoms with Crippen LogP contribution in [0.2, 0.25) is 5.02 Å². The van der Waals surface area contributed by atoms with Crippen molar-refractivity contribution >= 4 is 28.7 Å². The van der Waals surface area contributed by atoms with E-state index in [-0.39, 0.29) is 23.9 Å². The second-order valence-electron chi connectivity index (χ2n) is 9.13. The molecule has 4 aromatic rings. The lowest BCUT2D eigenvalue weighted by molar-refractivity contribution is 0.283. The quantitative estimate of drug-likeness (QED) is 0.255. The summed E-state index contributed by atoms with van der Waals surface area (Å²) in [5.41, 5.74) is 1.63. The Bertz CT molecular complexity index is 1510. The molecule has 37 heavy (non-hydrogen) atoms. The molecule has 190 valence electrons. The first-order chi connectivity index (χ1) is 18.0. The number of ether oxygens (including phenoxy) is 2. The first-order valence-corrected chi connectivity index (χ1v) is 12.7. The highest BCUT2D eigenvalue weighted by Crippen LogP contribution is 2.35. The maximum Gasteiger partial charge on any atom is 0.282 e. The summed E-state index contributed by atoms with van der Waals surface area (Å²) < 4.78 is 26.6. The van der Waals surface area contributed by atoms with Crippen molar-refractivity contribution in [1.82, 2.24) is 9.66 Å². The van der Waals surface area contributed by atoms with Crippen molar-refractivity contribution in [3.63, 3.8) is 0 Å². The summed E-state index contributed by atoms with van der Waals surface area (Å²) in [6, 6.07) is 16.8. The number of benzene rings is 3. The van der Waals surface area contributed by atoms with Crippen LogP contribution < -0.4 is 15.0 Å². The van der Waals surface area contributed by atoms with Crippen molar-refractivity contribution in [3.05, 3.63) is 98.8 Å². The number of halogens is 2.